The van der Waals surface area contributed by atoms with Crippen molar-refractivity contribution >= 4 is 0 Å². The molecule has 0 atom stereocenters. The molecule has 26 heavy (non-hydrogen) atoms. The summed E-state index contributed by atoms with van der Waals surface area (Å²) in [6.07, 6.45) is 9.92. The molecule has 0 amide bonds. The average molecular weight is 362 g/mol. The Kier molecular flexibility index (Phi) is 6.79. The second-order valence-corrected chi connectivity index (χ2v) is 8.97. The lowest BCUT2D eigenvalue weighted by Gasteiger charge is -2.39. The minimum atomic E-state index is -0.212. The molecule has 1 saturated carbocycles. The van der Waals surface area contributed by atoms with E-state index in [0.29, 0.717) is 11.8 Å². The summed E-state index contributed by atoms with van der Waals surface area (Å²) >= 11 is 0. The molecule has 4 heteroatoms. The molecule has 1 aromatic heterocycles. The van der Waals surface area contributed by atoms with Crippen LogP contribution in [0.25, 0.3) is 0 Å². The van der Waals surface area contributed by atoms with Gasteiger partial charge in [0.25, 0.3) is 0 Å². The Balaban J connectivity index is 1.74. The number of ether oxygens (including phenoxy) is 1. The summed E-state index contributed by atoms with van der Waals surface area (Å²) < 4.78 is 8.97. The third-order valence-electron chi connectivity index (χ3n) is 6.15. The topological polar surface area (TPSA) is 30.3 Å². The van der Waals surface area contributed by atoms with Crippen LogP contribution in [-0.2, 0) is 10.5 Å². The number of hydrogen-bond donors (Lipinski definition) is 0. The molecule has 2 heterocycles. The predicted octanol–water partition coefficient (Wildman–Crippen LogP) is 5.25. The number of rotatable bonds is 8. The molecular weight excluding hydrogens is 322 g/mol. The van der Waals surface area contributed by atoms with E-state index in [4.69, 9.17) is 9.84 Å². The molecule has 1 aliphatic heterocycles. The number of hydrogen-bond acceptors (Lipinski definition) is 3. The first-order valence-electron chi connectivity index (χ1n) is 11.0. The Bertz CT molecular complexity index is 552. The van der Waals surface area contributed by atoms with Crippen LogP contribution in [-0.4, -0.2) is 40.9 Å². The van der Waals surface area contributed by atoms with Crippen molar-refractivity contribution in [3.8, 4) is 0 Å². The number of nitrogens with zero attached hydrogens (tertiary/aromatic N) is 3. The van der Waals surface area contributed by atoms with Gasteiger partial charge in [-0.15, -0.1) is 0 Å². The summed E-state index contributed by atoms with van der Waals surface area (Å²) in [6.45, 7) is 13.6. The van der Waals surface area contributed by atoms with Gasteiger partial charge in [0.1, 0.15) is 0 Å². The maximum atomic E-state index is 6.67. The Hall–Kier alpha value is -0.870. The maximum Gasteiger partial charge on any atom is 0.161 e. The fourth-order valence-electron chi connectivity index (χ4n) is 4.51. The molecule has 0 radical (unpaired) electrons. The van der Waals surface area contributed by atoms with Gasteiger partial charge in [-0.3, -0.25) is 0 Å². The lowest BCUT2D eigenvalue weighted by molar-refractivity contribution is -0.142. The van der Waals surface area contributed by atoms with Crippen molar-refractivity contribution in [2.75, 3.05) is 26.2 Å². The molecule has 1 aliphatic carbocycles. The van der Waals surface area contributed by atoms with Crippen molar-refractivity contribution in [3.63, 3.8) is 0 Å². The van der Waals surface area contributed by atoms with Crippen LogP contribution in [0.15, 0.2) is 6.07 Å². The zero-order chi connectivity index (χ0) is 18.6. The fraction of sp³-hybridized carbons (Fsp3) is 0.864. The minimum Gasteiger partial charge on any atom is -0.354 e. The van der Waals surface area contributed by atoms with Gasteiger partial charge in [-0.2, -0.15) is 5.10 Å². The van der Waals surface area contributed by atoms with Crippen LogP contribution in [0.2, 0.25) is 0 Å². The minimum absolute atomic E-state index is 0.212. The zero-order valence-corrected chi connectivity index (χ0v) is 17.5. The highest BCUT2D eigenvalue weighted by Gasteiger charge is 2.38. The largest absolute Gasteiger partial charge is 0.354 e. The van der Waals surface area contributed by atoms with Crippen LogP contribution < -0.4 is 0 Å². The van der Waals surface area contributed by atoms with E-state index in [2.05, 4.69) is 43.3 Å². The number of aromatic nitrogens is 2. The van der Waals surface area contributed by atoms with E-state index in [0.717, 1.165) is 25.9 Å². The SMILES string of the molecule is CC(C)c1cc(C(C)C)n(C2(OCCCN3CCCC3)CCCCC2)n1. The molecule has 1 aromatic rings. The van der Waals surface area contributed by atoms with E-state index >= 15 is 0 Å². The fourth-order valence-corrected chi connectivity index (χ4v) is 4.51. The van der Waals surface area contributed by atoms with Crippen molar-refractivity contribution in [2.45, 2.75) is 96.6 Å². The van der Waals surface area contributed by atoms with Gasteiger partial charge in [0.2, 0.25) is 0 Å². The lowest BCUT2D eigenvalue weighted by atomic mass is 9.91. The molecular formula is C22H39N3O. The molecule has 0 spiro atoms. The summed E-state index contributed by atoms with van der Waals surface area (Å²) in [7, 11) is 0. The Morgan fingerprint density at radius 1 is 1.00 bits per heavy atom. The van der Waals surface area contributed by atoms with Gasteiger partial charge in [0.05, 0.1) is 12.3 Å². The van der Waals surface area contributed by atoms with Crippen LogP contribution >= 0.6 is 0 Å². The molecule has 1 saturated heterocycles. The molecule has 2 aliphatic rings. The zero-order valence-electron chi connectivity index (χ0n) is 17.5. The molecule has 0 N–H and O–H groups in total. The second kappa shape index (κ2) is 8.88. The molecule has 0 aromatic carbocycles. The number of likely N-dealkylation sites (tertiary alicyclic amines) is 1. The molecule has 0 unspecified atom stereocenters. The molecule has 4 nitrogen and oxygen atoms in total. The van der Waals surface area contributed by atoms with E-state index in [9.17, 15) is 0 Å². The van der Waals surface area contributed by atoms with Crippen LogP contribution in [0.1, 0.15) is 102 Å². The van der Waals surface area contributed by atoms with Gasteiger partial charge in [0, 0.05) is 12.2 Å². The highest BCUT2D eigenvalue weighted by molar-refractivity contribution is 5.18. The summed E-state index contributed by atoms with van der Waals surface area (Å²) in [5.41, 5.74) is 2.34. The van der Waals surface area contributed by atoms with E-state index in [1.807, 2.05) is 0 Å². The van der Waals surface area contributed by atoms with Gasteiger partial charge >= 0.3 is 0 Å². The Labute approximate surface area is 160 Å². The van der Waals surface area contributed by atoms with Crippen LogP contribution in [0.5, 0.6) is 0 Å². The normalized spacial score (nSPS) is 21.2. The quantitative estimate of drug-likeness (QED) is 0.592. The van der Waals surface area contributed by atoms with Gasteiger partial charge in [-0.25, -0.2) is 4.68 Å². The second-order valence-electron chi connectivity index (χ2n) is 8.97. The maximum absolute atomic E-state index is 6.67. The monoisotopic (exact) mass is 361 g/mol. The van der Waals surface area contributed by atoms with Crippen molar-refractivity contribution < 1.29 is 4.74 Å². The van der Waals surface area contributed by atoms with E-state index in [-0.39, 0.29) is 5.72 Å². The van der Waals surface area contributed by atoms with Crippen molar-refractivity contribution in [1.29, 1.82) is 0 Å². The van der Waals surface area contributed by atoms with E-state index in [1.54, 1.807) is 0 Å². The first-order chi connectivity index (χ1) is 12.5. The third kappa shape index (κ3) is 4.51. The van der Waals surface area contributed by atoms with Crippen LogP contribution in [0, 0.1) is 0 Å². The van der Waals surface area contributed by atoms with Gasteiger partial charge in [-0.1, -0.05) is 34.1 Å². The Morgan fingerprint density at radius 2 is 1.69 bits per heavy atom. The third-order valence-corrected chi connectivity index (χ3v) is 6.15. The van der Waals surface area contributed by atoms with Crippen molar-refractivity contribution in [3.05, 3.63) is 17.5 Å². The highest BCUT2D eigenvalue weighted by atomic mass is 16.5. The standard InChI is InChI=1S/C22H39N3O/c1-18(2)20-17-21(19(3)4)25(23-20)22(11-6-5-7-12-22)26-16-10-15-24-13-8-9-14-24/h17-19H,5-16H2,1-4H3. The summed E-state index contributed by atoms with van der Waals surface area (Å²) in [5, 5.41) is 5.06. The lowest BCUT2D eigenvalue weighted by Crippen LogP contribution is -2.41. The molecule has 148 valence electrons. The van der Waals surface area contributed by atoms with Crippen molar-refractivity contribution in [1.82, 2.24) is 14.7 Å². The van der Waals surface area contributed by atoms with Crippen LogP contribution in [0.3, 0.4) is 0 Å². The first-order valence-corrected chi connectivity index (χ1v) is 11.0. The van der Waals surface area contributed by atoms with E-state index < -0.39 is 0 Å². The molecule has 2 fully saturated rings. The van der Waals surface area contributed by atoms with E-state index in [1.165, 1.54) is 63.1 Å². The molecule has 0 bridgehead atoms. The summed E-state index contributed by atoms with van der Waals surface area (Å²) in [6, 6.07) is 2.32. The smallest absolute Gasteiger partial charge is 0.161 e. The van der Waals surface area contributed by atoms with Crippen LogP contribution in [0.4, 0.5) is 0 Å². The van der Waals surface area contributed by atoms with Gasteiger partial charge < -0.3 is 9.64 Å². The van der Waals surface area contributed by atoms with Crippen molar-refractivity contribution in [2.24, 2.45) is 0 Å². The average Bonchev–Trinajstić information content (AvgIpc) is 3.29. The predicted molar refractivity (Wildman–Crippen MR) is 108 cm³/mol. The van der Waals surface area contributed by atoms with Gasteiger partial charge in [-0.05, 0) is 75.9 Å². The van der Waals surface area contributed by atoms with Gasteiger partial charge in [0.15, 0.2) is 5.72 Å². The summed E-state index contributed by atoms with van der Waals surface area (Å²) in [5.74, 6) is 0.937. The summed E-state index contributed by atoms with van der Waals surface area (Å²) in [4.78, 5) is 2.58. The highest BCUT2D eigenvalue weighted by Crippen LogP contribution is 2.39. The Morgan fingerprint density at radius 3 is 2.31 bits per heavy atom. The first kappa shape index (κ1) is 19.9. The molecule has 3 rings (SSSR count).